The van der Waals surface area contributed by atoms with Crippen LogP contribution in [0.4, 0.5) is 0 Å². The lowest BCUT2D eigenvalue weighted by Crippen LogP contribution is -2.28. The Kier molecular flexibility index (Phi) is 4.71. The van der Waals surface area contributed by atoms with Gasteiger partial charge in [-0.15, -0.1) is 0 Å². The molecule has 5 nitrogen and oxygen atoms in total. The van der Waals surface area contributed by atoms with Gasteiger partial charge < -0.3 is 14.7 Å². The molecule has 0 spiro atoms. The number of fused-ring (bicyclic) bond motifs is 1. The number of hydrogen-bond donors (Lipinski definition) is 1. The summed E-state index contributed by atoms with van der Waals surface area (Å²) >= 11 is 8.08. The van der Waals surface area contributed by atoms with Gasteiger partial charge in [-0.25, -0.2) is 0 Å². The number of phenolic OH excluding ortho intramolecular Hbond substituents is 1. The normalized spacial score (nSPS) is 24.5. The van der Waals surface area contributed by atoms with E-state index >= 15 is 0 Å². The summed E-state index contributed by atoms with van der Waals surface area (Å²) in [5.74, 6) is 0.387. The summed E-state index contributed by atoms with van der Waals surface area (Å²) in [6, 6.07) is 9.45. The molecular formula is C19H20ClN3O2S. The minimum atomic E-state index is -0.110. The molecule has 7 heteroatoms. The molecule has 1 saturated heterocycles. The fraction of sp³-hybridized carbons (Fsp3) is 0.368. The fourth-order valence-electron chi connectivity index (χ4n) is 3.51. The molecule has 0 amide bonds. The molecule has 2 aromatic rings. The van der Waals surface area contributed by atoms with Gasteiger partial charge in [-0.1, -0.05) is 36.4 Å². The minimum absolute atomic E-state index is 0.0186. The first-order chi connectivity index (χ1) is 12.6. The molecule has 3 atom stereocenters. The molecule has 0 bridgehead atoms. The number of pyridine rings is 1. The van der Waals surface area contributed by atoms with Gasteiger partial charge in [0.25, 0.3) is 0 Å². The third-order valence-electron chi connectivity index (χ3n) is 4.57. The maximum Gasteiger partial charge on any atom is 0.176 e. The second kappa shape index (κ2) is 7.00. The molecule has 0 aliphatic carbocycles. The number of rotatable bonds is 4. The third-order valence-corrected chi connectivity index (χ3v) is 5.96. The topological polar surface area (TPSA) is 58.0 Å². The van der Waals surface area contributed by atoms with Crippen molar-refractivity contribution in [2.45, 2.75) is 31.2 Å². The lowest BCUT2D eigenvalue weighted by molar-refractivity contribution is 0.306. The van der Waals surface area contributed by atoms with E-state index < -0.39 is 0 Å². The molecule has 2 aliphatic heterocycles. The van der Waals surface area contributed by atoms with Crippen LogP contribution in [0.2, 0.25) is 5.02 Å². The quantitative estimate of drug-likeness (QED) is 0.838. The van der Waals surface area contributed by atoms with Crippen LogP contribution in [0.25, 0.3) is 0 Å². The van der Waals surface area contributed by atoms with Crippen LogP contribution >= 0.6 is 23.4 Å². The first-order valence-corrected chi connectivity index (χ1v) is 9.91. The van der Waals surface area contributed by atoms with Crippen LogP contribution < -0.4 is 4.74 Å². The molecule has 26 heavy (non-hydrogen) atoms. The van der Waals surface area contributed by atoms with Crippen molar-refractivity contribution in [3.63, 3.8) is 0 Å². The zero-order valence-electron chi connectivity index (χ0n) is 14.6. The average molecular weight is 390 g/mol. The number of phenols is 1. The number of benzene rings is 1. The largest absolute Gasteiger partial charge is 0.503 e. The maximum absolute atomic E-state index is 10.2. The highest BCUT2D eigenvalue weighted by molar-refractivity contribution is 8.14. The van der Waals surface area contributed by atoms with Crippen LogP contribution in [0.3, 0.4) is 0 Å². The van der Waals surface area contributed by atoms with Gasteiger partial charge in [0.2, 0.25) is 0 Å². The van der Waals surface area contributed by atoms with Gasteiger partial charge in [0.1, 0.15) is 6.04 Å². The molecular weight excluding hydrogens is 370 g/mol. The van der Waals surface area contributed by atoms with Crippen molar-refractivity contribution in [3.8, 4) is 11.5 Å². The molecule has 0 unspecified atom stereocenters. The van der Waals surface area contributed by atoms with Crippen molar-refractivity contribution in [3.05, 3.63) is 52.8 Å². The van der Waals surface area contributed by atoms with E-state index in [1.165, 1.54) is 0 Å². The highest BCUT2D eigenvalue weighted by atomic mass is 35.5. The fourth-order valence-corrected chi connectivity index (χ4v) is 4.82. The van der Waals surface area contributed by atoms with E-state index in [-0.39, 0.29) is 17.8 Å². The number of halogens is 1. The Bertz CT molecular complexity index is 846. The Morgan fingerprint density at radius 3 is 2.96 bits per heavy atom. The summed E-state index contributed by atoms with van der Waals surface area (Å²) < 4.78 is 5.58. The highest BCUT2D eigenvalue weighted by Gasteiger charge is 2.43. The second-order valence-electron chi connectivity index (χ2n) is 6.42. The standard InChI is InChI=1S/C19H20ClN3O2S/c1-3-25-15-9-12(8-13(20)18(15)24)17-16(14-6-4-5-7-21-14)22-19-23(17)10-11(2)26-19/h4-9,11,16-17,24H,3,10H2,1-2H3/t11-,16-,17-/m1/s1. The Hall–Kier alpha value is -1.92. The van der Waals surface area contributed by atoms with E-state index in [0.717, 1.165) is 23.0 Å². The number of aliphatic imine (C=N–C) groups is 1. The van der Waals surface area contributed by atoms with E-state index in [1.807, 2.05) is 37.3 Å². The zero-order chi connectivity index (χ0) is 18.3. The van der Waals surface area contributed by atoms with E-state index in [9.17, 15) is 5.11 Å². The Morgan fingerprint density at radius 2 is 2.23 bits per heavy atom. The Morgan fingerprint density at radius 1 is 1.38 bits per heavy atom. The van der Waals surface area contributed by atoms with Crippen LogP contribution in [0.1, 0.15) is 37.2 Å². The van der Waals surface area contributed by atoms with Crippen LogP contribution in [-0.4, -0.2) is 38.6 Å². The molecule has 1 N–H and O–H groups in total. The molecule has 0 radical (unpaired) electrons. The summed E-state index contributed by atoms with van der Waals surface area (Å²) in [6.07, 6.45) is 1.79. The molecule has 4 rings (SSSR count). The van der Waals surface area contributed by atoms with Gasteiger partial charge in [0.15, 0.2) is 16.7 Å². The van der Waals surface area contributed by atoms with Gasteiger partial charge in [-0.05, 0) is 36.8 Å². The van der Waals surface area contributed by atoms with Gasteiger partial charge in [-0.2, -0.15) is 0 Å². The van der Waals surface area contributed by atoms with E-state index in [1.54, 1.807) is 18.0 Å². The number of nitrogens with zero attached hydrogens (tertiary/aromatic N) is 3. The van der Waals surface area contributed by atoms with Crippen molar-refractivity contribution < 1.29 is 9.84 Å². The summed E-state index contributed by atoms with van der Waals surface area (Å²) in [5.41, 5.74) is 1.90. The Balaban J connectivity index is 1.80. The van der Waals surface area contributed by atoms with E-state index in [4.69, 9.17) is 21.3 Å². The zero-order valence-corrected chi connectivity index (χ0v) is 16.2. The summed E-state index contributed by atoms with van der Waals surface area (Å²) in [5, 5.41) is 12.0. The lowest BCUT2D eigenvalue weighted by atomic mass is 9.96. The number of amidine groups is 1. The van der Waals surface area contributed by atoms with Crippen molar-refractivity contribution in [2.24, 2.45) is 4.99 Å². The summed E-state index contributed by atoms with van der Waals surface area (Å²) in [7, 11) is 0. The summed E-state index contributed by atoms with van der Waals surface area (Å²) in [4.78, 5) is 11.8. The number of aromatic hydroxyl groups is 1. The number of thioether (sulfide) groups is 1. The van der Waals surface area contributed by atoms with Crippen LogP contribution in [0, 0.1) is 0 Å². The first kappa shape index (κ1) is 17.5. The average Bonchev–Trinajstić information content (AvgIpc) is 3.15. The molecule has 1 aromatic carbocycles. The first-order valence-electron chi connectivity index (χ1n) is 8.65. The molecule has 136 valence electrons. The van der Waals surface area contributed by atoms with Gasteiger partial charge in [-0.3, -0.25) is 9.98 Å². The van der Waals surface area contributed by atoms with Crippen molar-refractivity contribution in [1.29, 1.82) is 0 Å². The van der Waals surface area contributed by atoms with Crippen LogP contribution in [0.15, 0.2) is 41.5 Å². The SMILES string of the molecule is CCOc1cc([C@@H]2[C@@H](c3ccccn3)N=C3S[C@H](C)CN32)cc(Cl)c1O. The van der Waals surface area contributed by atoms with Gasteiger partial charge >= 0.3 is 0 Å². The smallest absolute Gasteiger partial charge is 0.176 e. The van der Waals surface area contributed by atoms with Crippen LogP contribution in [0.5, 0.6) is 11.5 Å². The van der Waals surface area contributed by atoms with E-state index in [0.29, 0.717) is 22.6 Å². The molecule has 1 aromatic heterocycles. The Labute approximate surface area is 162 Å². The number of aromatic nitrogens is 1. The molecule has 0 saturated carbocycles. The molecule has 2 aliphatic rings. The monoisotopic (exact) mass is 389 g/mol. The van der Waals surface area contributed by atoms with Gasteiger partial charge in [0, 0.05) is 18.0 Å². The highest BCUT2D eigenvalue weighted by Crippen LogP contribution is 2.49. The summed E-state index contributed by atoms with van der Waals surface area (Å²) in [6.45, 7) is 5.46. The second-order valence-corrected chi connectivity index (χ2v) is 8.23. The molecule has 3 heterocycles. The van der Waals surface area contributed by atoms with E-state index in [2.05, 4.69) is 16.8 Å². The van der Waals surface area contributed by atoms with Gasteiger partial charge in [0.05, 0.1) is 23.4 Å². The predicted molar refractivity (Wildman–Crippen MR) is 105 cm³/mol. The predicted octanol–water partition coefficient (Wildman–Crippen LogP) is 4.43. The maximum atomic E-state index is 10.2. The van der Waals surface area contributed by atoms with Crippen molar-refractivity contribution in [1.82, 2.24) is 9.88 Å². The van der Waals surface area contributed by atoms with Crippen molar-refractivity contribution in [2.75, 3.05) is 13.2 Å². The number of hydrogen-bond acceptors (Lipinski definition) is 6. The van der Waals surface area contributed by atoms with Crippen molar-refractivity contribution >= 4 is 28.5 Å². The minimum Gasteiger partial charge on any atom is -0.503 e. The lowest BCUT2D eigenvalue weighted by Gasteiger charge is -2.28. The third kappa shape index (κ3) is 3.01. The molecule has 1 fully saturated rings. The van der Waals surface area contributed by atoms with Crippen LogP contribution in [-0.2, 0) is 0 Å². The number of ether oxygens (including phenoxy) is 1.